The molecule has 7 heteroatoms. The van der Waals surface area contributed by atoms with E-state index >= 15 is 0 Å². The highest BCUT2D eigenvalue weighted by Crippen LogP contribution is 2.44. The zero-order chi connectivity index (χ0) is 23.5. The number of nitrogens with one attached hydrogen (secondary N) is 1. The predicted octanol–water partition coefficient (Wildman–Crippen LogP) is 3.95. The smallest absolute Gasteiger partial charge is 0.407 e. The Kier molecular flexibility index (Phi) is 6.20. The van der Waals surface area contributed by atoms with Gasteiger partial charge in [0.2, 0.25) is 0 Å². The van der Waals surface area contributed by atoms with Crippen molar-refractivity contribution in [1.82, 2.24) is 15.3 Å². The van der Waals surface area contributed by atoms with Crippen molar-refractivity contribution >= 4 is 17.1 Å². The lowest BCUT2D eigenvalue weighted by Crippen LogP contribution is -2.30. The van der Waals surface area contributed by atoms with Crippen LogP contribution in [0.4, 0.5) is 4.79 Å². The van der Waals surface area contributed by atoms with Crippen molar-refractivity contribution in [2.24, 2.45) is 0 Å². The first kappa shape index (κ1) is 22.0. The van der Waals surface area contributed by atoms with Gasteiger partial charge >= 0.3 is 6.09 Å². The van der Waals surface area contributed by atoms with E-state index in [2.05, 4.69) is 39.6 Å². The number of aliphatic hydroxyl groups excluding tert-OH is 2. The summed E-state index contributed by atoms with van der Waals surface area (Å²) in [6, 6.07) is 21.5. The standard InChI is InChI=1S/C27H25N3O4/c31-25(26(32)17-9-10-23-24(15-17)29-14-13-28-23)11-12-30-27(33)34-16-22-20-7-3-1-5-18(20)19-6-2-4-8-21(19)22/h1-10,13-15,22,25-26,31-32H,11-12,16H2,(H,30,33). The average Bonchev–Trinajstić information content (AvgIpc) is 3.20. The monoisotopic (exact) mass is 455 g/mol. The Labute approximate surface area is 197 Å². The second kappa shape index (κ2) is 9.59. The third-order valence-corrected chi connectivity index (χ3v) is 6.25. The Hall–Kier alpha value is -3.81. The van der Waals surface area contributed by atoms with Crippen molar-refractivity contribution in [2.75, 3.05) is 13.2 Å². The zero-order valence-corrected chi connectivity index (χ0v) is 18.5. The number of aliphatic hydroxyl groups is 2. The summed E-state index contributed by atoms with van der Waals surface area (Å²) < 4.78 is 5.51. The summed E-state index contributed by atoms with van der Waals surface area (Å²) in [6.07, 6.45) is 0.641. The largest absolute Gasteiger partial charge is 0.449 e. The quantitative estimate of drug-likeness (QED) is 0.390. The summed E-state index contributed by atoms with van der Waals surface area (Å²) in [5.41, 5.74) is 6.53. The molecule has 2 unspecified atom stereocenters. The van der Waals surface area contributed by atoms with Crippen LogP contribution in [-0.4, -0.2) is 45.5 Å². The Bertz CT molecular complexity index is 1280. The predicted molar refractivity (Wildman–Crippen MR) is 128 cm³/mol. The molecule has 7 nitrogen and oxygen atoms in total. The molecule has 5 rings (SSSR count). The maximum atomic E-state index is 12.3. The molecular weight excluding hydrogens is 430 g/mol. The van der Waals surface area contributed by atoms with Gasteiger partial charge in [0.15, 0.2) is 0 Å². The summed E-state index contributed by atoms with van der Waals surface area (Å²) in [6.45, 7) is 0.394. The third kappa shape index (κ3) is 4.35. The molecule has 0 aliphatic heterocycles. The molecule has 1 heterocycles. The third-order valence-electron chi connectivity index (χ3n) is 6.25. The van der Waals surface area contributed by atoms with Crippen LogP contribution in [0.25, 0.3) is 22.2 Å². The number of amides is 1. The molecule has 3 N–H and O–H groups in total. The van der Waals surface area contributed by atoms with Gasteiger partial charge in [0.05, 0.1) is 17.1 Å². The van der Waals surface area contributed by atoms with E-state index in [0.29, 0.717) is 16.6 Å². The SMILES string of the molecule is O=C(NCCC(O)C(O)c1ccc2nccnc2c1)OCC1c2ccccc2-c2ccccc21. The highest BCUT2D eigenvalue weighted by molar-refractivity contribution is 5.79. The van der Waals surface area contributed by atoms with E-state index < -0.39 is 18.3 Å². The van der Waals surface area contributed by atoms with Gasteiger partial charge in [0, 0.05) is 24.9 Å². The molecule has 34 heavy (non-hydrogen) atoms. The normalized spacial score (nSPS) is 14.3. The average molecular weight is 456 g/mol. The Morgan fingerprint density at radius 2 is 1.56 bits per heavy atom. The number of carbonyl (C=O) groups excluding carboxylic acids is 1. The van der Waals surface area contributed by atoms with Gasteiger partial charge in [-0.25, -0.2) is 4.79 Å². The molecule has 1 amide bonds. The van der Waals surface area contributed by atoms with E-state index in [9.17, 15) is 15.0 Å². The van der Waals surface area contributed by atoms with E-state index in [-0.39, 0.29) is 25.5 Å². The van der Waals surface area contributed by atoms with Gasteiger partial charge in [0.1, 0.15) is 12.7 Å². The summed E-state index contributed by atoms with van der Waals surface area (Å²) in [5.74, 6) is -0.0124. The molecular formula is C27H25N3O4. The van der Waals surface area contributed by atoms with Crippen molar-refractivity contribution in [1.29, 1.82) is 0 Å². The number of fused-ring (bicyclic) bond motifs is 4. The minimum atomic E-state index is -1.10. The summed E-state index contributed by atoms with van der Waals surface area (Å²) >= 11 is 0. The Morgan fingerprint density at radius 1 is 0.912 bits per heavy atom. The molecule has 0 bridgehead atoms. The first-order valence-corrected chi connectivity index (χ1v) is 11.3. The van der Waals surface area contributed by atoms with E-state index in [0.717, 1.165) is 11.1 Å². The fourth-order valence-electron chi connectivity index (χ4n) is 4.52. The number of hydrogen-bond acceptors (Lipinski definition) is 6. The van der Waals surface area contributed by atoms with Crippen molar-refractivity contribution in [3.05, 3.63) is 95.8 Å². The summed E-state index contributed by atoms with van der Waals surface area (Å²) in [7, 11) is 0. The van der Waals surface area contributed by atoms with Crippen molar-refractivity contribution in [2.45, 2.75) is 24.5 Å². The molecule has 4 aromatic rings. The highest BCUT2D eigenvalue weighted by atomic mass is 16.5. The van der Waals surface area contributed by atoms with Crippen LogP contribution in [0.2, 0.25) is 0 Å². The second-order valence-electron chi connectivity index (χ2n) is 8.36. The van der Waals surface area contributed by atoms with Crippen molar-refractivity contribution in [3.63, 3.8) is 0 Å². The van der Waals surface area contributed by atoms with Crippen LogP contribution < -0.4 is 5.32 Å². The molecule has 0 spiro atoms. The van der Waals surface area contributed by atoms with Gasteiger partial charge in [-0.15, -0.1) is 0 Å². The lowest BCUT2D eigenvalue weighted by Gasteiger charge is -2.19. The van der Waals surface area contributed by atoms with Crippen LogP contribution in [0, 0.1) is 0 Å². The maximum Gasteiger partial charge on any atom is 0.407 e. The molecule has 2 atom stereocenters. The molecule has 1 aliphatic rings. The lowest BCUT2D eigenvalue weighted by molar-refractivity contribution is 0.0137. The number of ether oxygens (including phenoxy) is 1. The van der Waals surface area contributed by atoms with E-state index in [1.807, 2.05) is 24.3 Å². The number of rotatable bonds is 7. The number of carbonyl (C=O) groups is 1. The molecule has 0 radical (unpaired) electrons. The number of benzene rings is 3. The van der Waals surface area contributed by atoms with E-state index in [1.165, 1.54) is 11.1 Å². The van der Waals surface area contributed by atoms with Gasteiger partial charge < -0.3 is 20.3 Å². The Morgan fingerprint density at radius 3 is 2.26 bits per heavy atom. The van der Waals surface area contributed by atoms with E-state index in [4.69, 9.17) is 4.74 Å². The molecule has 0 fully saturated rings. The molecule has 3 aromatic carbocycles. The van der Waals surface area contributed by atoms with Gasteiger partial charge in [0.25, 0.3) is 0 Å². The molecule has 1 aliphatic carbocycles. The molecule has 172 valence electrons. The van der Waals surface area contributed by atoms with Gasteiger partial charge in [-0.1, -0.05) is 54.6 Å². The molecule has 0 saturated heterocycles. The maximum absolute atomic E-state index is 12.3. The van der Waals surface area contributed by atoms with Crippen LogP contribution >= 0.6 is 0 Å². The molecule has 1 aromatic heterocycles. The second-order valence-corrected chi connectivity index (χ2v) is 8.36. The number of nitrogens with zero attached hydrogens (tertiary/aromatic N) is 2. The van der Waals surface area contributed by atoms with Crippen LogP contribution in [-0.2, 0) is 4.74 Å². The number of alkyl carbamates (subject to hydrolysis) is 1. The minimum Gasteiger partial charge on any atom is -0.449 e. The van der Waals surface area contributed by atoms with Crippen molar-refractivity contribution in [3.8, 4) is 11.1 Å². The zero-order valence-electron chi connectivity index (χ0n) is 18.5. The van der Waals surface area contributed by atoms with Gasteiger partial charge in [-0.2, -0.15) is 0 Å². The lowest BCUT2D eigenvalue weighted by atomic mass is 9.98. The number of hydrogen-bond donors (Lipinski definition) is 3. The first-order chi connectivity index (χ1) is 16.6. The summed E-state index contributed by atoms with van der Waals surface area (Å²) in [4.78, 5) is 20.7. The molecule has 0 saturated carbocycles. The van der Waals surface area contributed by atoms with Crippen LogP contribution in [0.1, 0.15) is 35.1 Å². The van der Waals surface area contributed by atoms with Crippen molar-refractivity contribution < 1.29 is 19.7 Å². The van der Waals surface area contributed by atoms with Crippen LogP contribution in [0.5, 0.6) is 0 Å². The van der Waals surface area contributed by atoms with Gasteiger partial charge in [-0.3, -0.25) is 9.97 Å². The Balaban J connectivity index is 1.13. The minimum absolute atomic E-state index is 0.0124. The summed E-state index contributed by atoms with van der Waals surface area (Å²) in [5, 5.41) is 23.6. The van der Waals surface area contributed by atoms with E-state index in [1.54, 1.807) is 30.6 Å². The number of aromatic nitrogens is 2. The van der Waals surface area contributed by atoms with Crippen LogP contribution in [0.15, 0.2) is 79.1 Å². The van der Waals surface area contributed by atoms with Gasteiger partial charge in [-0.05, 0) is 46.4 Å². The van der Waals surface area contributed by atoms with Crippen LogP contribution in [0.3, 0.4) is 0 Å². The first-order valence-electron chi connectivity index (χ1n) is 11.3. The highest BCUT2D eigenvalue weighted by Gasteiger charge is 2.29. The fourth-order valence-corrected chi connectivity index (χ4v) is 4.52. The fraction of sp³-hybridized carbons (Fsp3) is 0.222. The topological polar surface area (TPSA) is 105 Å².